The number of ether oxygens (including phenoxy) is 1. The van der Waals surface area contributed by atoms with E-state index in [4.69, 9.17) is 4.74 Å². The molecule has 2 fully saturated rings. The van der Waals surface area contributed by atoms with Crippen LogP contribution >= 0.6 is 0 Å². The Kier molecular flexibility index (Phi) is 5.17. The van der Waals surface area contributed by atoms with Crippen LogP contribution in [0.4, 0.5) is 4.39 Å². The van der Waals surface area contributed by atoms with Gasteiger partial charge in [0.25, 0.3) is 5.95 Å². The Hall–Kier alpha value is -2.31. The third-order valence-electron chi connectivity index (χ3n) is 6.20. The number of aromatic hydroxyl groups is 1. The molecule has 6 heteroatoms. The normalized spacial score (nSPS) is 27.1. The molecule has 148 valence electrons. The van der Waals surface area contributed by atoms with E-state index in [1.54, 1.807) is 7.11 Å². The molecule has 1 aliphatic heterocycles. The highest BCUT2D eigenvalue weighted by molar-refractivity contribution is 5.95. The molecule has 2 aromatic rings. The molecule has 1 aromatic carbocycles. The first kappa shape index (κ1) is 19.0. The smallest absolute Gasteiger partial charge is 0.255 e. The molecular formula is C22H25FN2O3. The molecule has 1 saturated heterocycles. The average molecular weight is 384 g/mol. The summed E-state index contributed by atoms with van der Waals surface area (Å²) in [5, 5.41) is 9.23. The lowest BCUT2D eigenvalue weighted by molar-refractivity contribution is -0.0129. The largest absolute Gasteiger partial charge is 0.504 e. The minimum Gasteiger partial charge on any atom is -0.504 e. The van der Waals surface area contributed by atoms with Gasteiger partial charge in [-0.25, -0.2) is 4.98 Å². The predicted molar refractivity (Wildman–Crippen MR) is 103 cm³/mol. The van der Waals surface area contributed by atoms with Crippen LogP contribution in [0.2, 0.25) is 0 Å². The number of methoxy groups -OCH3 is 1. The van der Waals surface area contributed by atoms with Gasteiger partial charge in [-0.15, -0.1) is 0 Å². The number of Topliss-reactive ketones (excluding diaryl/α,β-unsaturated/α-hetero) is 1. The third-order valence-corrected chi connectivity index (χ3v) is 6.20. The molecular weight excluding hydrogens is 359 g/mol. The molecule has 0 spiro atoms. The molecule has 1 saturated carbocycles. The van der Waals surface area contributed by atoms with E-state index < -0.39 is 11.7 Å². The molecule has 3 atom stereocenters. The highest BCUT2D eigenvalue weighted by Crippen LogP contribution is 2.47. The number of hydrogen-bond donors (Lipinski definition) is 1. The Morgan fingerprint density at radius 1 is 1.21 bits per heavy atom. The van der Waals surface area contributed by atoms with E-state index in [1.165, 1.54) is 17.7 Å². The van der Waals surface area contributed by atoms with Crippen LogP contribution in [-0.2, 0) is 11.2 Å². The quantitative estimate of drug-likeness (QED) is 0.613. The summed E-state index contributed by atoms with van der Waals surface area (Å²) >= 11 is 0. The molecule has 1 aliphatic carbocycles. The zero-order valence-electron chi connectivity index (χ0n) is 16.0. The fraction of sp³-hybridized carbons (Fsp3) is 0.455. The zero-order valence-corrected chi connectivity index (χ0v) is 16.0. The van der Waals surface area contributed by atoms with Crippen molar-refractivity contribution in [2.45, 2.75) is 24.9 Å². The van der Waals surface area contributed by atoms with Gasteiger partial charge in [-0.3, -0.25) is 9.69 Å². The van der Waals surface area contributed by atoms with E-state index in [0.717, 1.165) is 32.4 Å². The first-order chi connectivity index (χ1) is 13.5. The van der Waals surface area contributed by atoms with Crippen LogP contribution in [0.15, 0.2) is 42.5 Å². The van der Waals surface area contributed by atoms with Gasteiger partial charge in [0, 0.05) is 26.6 Å². The lowest BCUT2D eigenvalue weighted by Crippen LogP contribution is -2.35. The summed E-state index contributed by atoms with van der Waals surface area (Å²) in [6, 6.07) is 13.0. The molecule has 1 N–H and O–H groups in total. The average Bonchev–Trinajstić information content (AvgIpc) is 3.20. The van der Waals surface area contributed by atoms with Crippen molar-refractivity contribution in [1.29, 1.82) is 0 Å². The Bertz CT molecular complexity index is 844. The van der Waals surface area contributed by atoms with E-state index in [9.17, 15) is 14.3 Å². The van der Waals surface area contributed by atoms with Crippen molar-refractivity contribution in [3.63, 3.8) is 0 Å². The Balaban J connectivity index is 1.37. The predicted octanol–water partition coefficient (Wildman–Crippen LogP) is 3.08. The zero-order chi connectivity index (χ0) is 19.7. The van der Waals surface area contributed by atoms with Gasteiger partial charge in [0.15, 0.2) is 11.5 Å². The van der Waals surface area contributed by atoms with E-state index in [0.29, 0.717) is 11.8 Å². The summed E-state index contributed by atoms with van der Waals surface area (Å²) in [5.74, 6) is -0.764. The van der Waals surface area contributed by atoms with Gasteiger partial charge in [0.1, 0.15) is 5.69 Å². The number of rotatable bonds is 6. The number of fused-ring (bicyclic) bond motifs is 1. The van der Waals surface area contributed by atoms with Crippen molar-refractivity contribution >= 4 is 5.78 Å². The molecule has 1 aromatic heterocycles. The monoisotopic (exact) mass is 384 g/mol. The summed E-state index contributed by atoms with van der Waals surface area (Å²) in [6.07, 6.45) is 2.88. The first-order valence-corrected chi connectivity index (χ1v) is 9.68. The van der Waals surface area contributed by atoms with Crippen molar-refractivity contribution in [2.24, 2.45) is 11.8 Å². The number of carbonyl (C=O) groups excluding carboxylic acids is 1. The highest BCUT2D eigenvalue weighted by Gasteiger charge is 2.49. The summed E-state index contributed by atoms with van der Waals surface area (Å²) in [7, 11) is 1.80. The van der Waals surface area contributed by atoms with E-state index in [1.807, 2.05) is 6.07 Å². The van der Waals surface area contributed by atoms with Crippen molar-refractivity contribution in [3.05, 3.63) is 59.7 Å². The second-order valence-electron chi connectivity index (χ2n) is 8.10. The van der Waals surface area contributed by atoms with Crippen molar-refractivity contribution < 1.29 is 19.0 Å². The van der Waals surface area contributed by atoms with Crippen LogP contribution < -0.4 is 0 Å². The molecule has 0 amide bonds. The van der Waals surface area contributed by atoms with Crippen molar-refractivity contribution in [3.8, 4) is 5.75 Å². The van der Waals surface area contributed by atoms with Gasteiger partial charge >= 0.3 is 0 Å². The van der Waals surface area contributed by atoms with Crippen LogP contribution in [0.3, 0.4) is 0 Å². The molecule has 28 heavy (non-hydrogen) atoms. The number of benzene rings is 1. The van der Waals surface area contributed by atoms with Crippen LogP contribution in [0.25, 0.3) is 0 Å². The van der Waals surface area contributed by atoms with E-state index in [2.05, 4.69) is 34.1 Å². The minimum absolute atomic E-state index is 0.0580. The fourth-order valence-corrected chi connectivity index (χ4v) is 4.88. The molecule has 5 nitrogen and oxygen atoms in total. The fourth-order valence-electron chi connectivity index (χ4n) is 4.88. The summed E-state index contributed by atoms with van der Waals surface area (Å²) < 4.78 is 19.4. The van der Waals surface area contributed by atoms with Gasteiger partial charge in [-0.2, -0.15) is 4.39 Å². The van der Waals surface area contributed by atoms with Crippen LogP contribution in [0.1, 0.15) is 28.9 Å². The topological polar surface area (TPSA) is 62.7 Å². The first-order valence-electron chi connectivity index (χ1n) is 9.68. The summed E-state index contributed by atoms with van der Waals surface area (Å²) in [6.45, 7) is 1.91. The molecule has 0 radical (unpaired) electrons. The maximum absolute atomic E-state index is 13.4. The Labute approximate surface area is 164 Å². The second-order valence-corrected chi connectivity index (χ2v) is 8.10. The van der Waals surface area contributed by atoms with Crippen LogP contribution in [0.5, 0.6) is 5.75 Å². The number of carbonyl (C=O) groups is 1. The molecule has 2 aliphatic rings. The maximum atomic E-state index is 13.4. The van der Waals surface area contributed by atoms with Gasteiger partial charge in [0.2, 0.25) is 0 Å². The van der Waals surface area contributed by atoms with Crippen LogP contribution in [-0.4, -0.2) is 53.1 Å². The van der Waals surface area contributed by atoms with Crippen LogP contribution in [0, 0.1) is 17.8 Å². The number of aromatic nitrogens is 1. The number of hydrogen-bond acceptors (Lipinski definition) is 5. The standard InChI is InChI=1S/C22H25FN2O3/c1-28-22(9-15-5-3-2-4-6-15)10-16-12-25(13-17(16)11-22)14-20(27)18-7-8-19(26)21(23)24-18/h2-8,16-17,26H,9-14H2,1H3/t16-,17?,22?/m1/s1. The lowest BCUT2D eigenvalue weighted by Gasteiger charge is -2.30. The number of pyridine rings is 1. The number of halogens is 1. The Morgan fingerprint density at radius 2 is 1.89 bits per heavy atom. The third kappa shape index (κ3) is 3.80. The number of ketones is 1. The van der Waals surface area contributed by atoms with E-state index >= 15 is 0 Å². The summed E-state index contributed by atoms with van der Waals surface area (Å²) in [5.41, 5.74) is 1.22. The number of nitrogens with zero attached hydrogens (tertiary/aromatic N) is 2. The van der Waals surface area contributed by atoms with Crippen molar-refractivity contribution in [2.75, 3.05) is 26.7 Å². The molecule has 2 unspecified atom stereocenters. The molecule has 0 bridgehead atoms. The maximum Gasteiger partial charge on any atom is 0.255 e. The molecule has 4 rings (SSSR count). The van der Waals surface area contributed by atoms with Crippen molar-refractivity contribution in [1.82, 2.24) is 9.88 Å². The summed E-state index contributed by atoms with van der Waals surface area (Å²) in [4.78, 5) is 18.1. The highest BCUT2D eigenvalue weighted by atomic mass is 19.1. The SMILES string of the molecule is COC1(Cc2ccccc2)CC2CN(CC(=O)c3ccc(O)c(F)n3)C[C@H]2C1. The van der Waals surface area contributed by atoms with Gasteiger partial charge in [-0.05, 0) is 42.4 Å². The molecule has 2 heterocycles. The minimum atomic E-state index is -1.00. The van der Waals surface area contributed by atoms with Gasteiger partial charge < -0.3 is 9.84 Å². The lowest BCUT2D eigenvalue weighted by atomic mass is 9.91. The van der Waals surface area contributed by atoms with Gasteiger partial charge in [-0.1, -0.05) is 30.3 Å². The number of likely N-dealkylation sites (tertiary alicyclic amines) is 1. The van der Waals surface area contributed by atoms with Gasteiger partial charge in [0.05, 0.1) is 12.1 Å². The Morgan fingerprint density at radius 3 is 2.50 bits per heavy atom. The second kappa shape index (κ2) is 7.60. The van der Waals surface area contributed by atoms with E-state index in [-0.39, 0.29) is 23.6 Å².